The molecular weight excluding hydrogens is 290 g/mol. The fourth-order valence-corrected chi connectivity index (χ4v) is 2.60. The molecule has 1 saturated heterocycles. The summed E-state index contributed by atoms with van der Waals surface area (Å²) in [5.41, 5.74) is 2.17. The zero-order chi connectivity index (χ0) is 16.6. The van der Waals surface area contributed by atoms with E-state index in [1.807, 2.05) is 20.8 Å². The van der Waals surface area contributed by atoms with Gasteiger partial charge in [-0.3, -0.25) is 4.79 Å². The second-order valence-corrected chi connectivity index (χ2v) is 7.15. The molecule has 0 saturated carbocycles. The normalized spacial score (nSPS) is 17.7. The van der Waals surface area contributed by atoms with Gasteiger partial charge in [-0.1, -0.05) is 43.6 Å². The Hall–Kier alpha value is -2.30. The lowest BCUT2D eigenvalue weighted by molar-refractivity contribution is -0.118. The molecule has 5 heteroatoms. The Kier molecular flexibility index (Phi) is 3.88. The zero-order valence-electron chi connectivity index (χ0n) is 14.1. The summed E-state index contributed by atoms with van der Waals surface area (Å²) in [5.74, 6) is 1.21. The molecular formula is C18H23N3O2. The van der Waals surface area contributed by atoms with Crippen LogP contribution in [0.15, 0.2) is 34.9 Å². The summed E-state index contributed by atoms with van der Waals surface area (Å²) in [6.07, 6.45) is 0.851. The van der Waals surface area contributed by atoms with E-state index in [2.05, 4.69) is 46.6 Å². The van der Waals surface area contributed by atoms with Crippen LogP contribution in [-0.2, 0) is 10.2 Å². The van der Waals surface area contributed by atoms with Crippen molar-refractivity contribution in [3.8, 4) is 0 Å². The molecule has 23 heavy (non-hydrogen) atoms. The quantitative estimate of drug-likeness (QED) is 0.942. The van der Waals surface area contributed by atoms with Gasteiger partial charge in [-0.05, 0) is 25.5 Å². The highest BCUT2D eigenvalue weighted by Crippen LogP contribution is 2.28. The molecule has 1 fully saturated rings. The summed E-state index contributed by atoms with van der Waals surface area (Å²) in [4.78, 5) is 14.6. The Labute approximate surface area is 136 Å². The smallest absolute Gasteiger partial charge is 0.248 e. The van der Waals surface area contributed by atoms with Gasteiger partial charge >= 0.3 is 0 Å². The lowest BCUT2D eigenvalue weighted by atomic mass is 9.93. The van der Waals surface area contributed by atoms with Crippen LogP contribution in [0.4, 0.5) is 11.5 Å². The minimum atomic E-state index is -0.146. The molecule has 2 aromatic rings. The molecule has 1 aromatic heterocycles. The van der Waals surface area contributed by atoms with Crippen molar-refractivity contribution in [1.82, 2.24) is 5.16 Å². The second kappa shape index (κ2) is 5.72. The summed E-state index contributed by atoms with van der Waals surface area (Å²) < 4.78 is 5.31. The van der Waals surface area contributed by atoms with Gasteiger partial charge < -0.3 is 14.7 Å². The Balaban J connectivity index is 1.66. The van der Waals surface area contributed by atoms with E-state index in [1.54, 1.807) is 6.07 Å². The molecule has 0 bridgehead atoms. The van der Waals surface area contributed by atoms with E-state index in [9.17, 15) is 4.79 Å². The number of anilines is 2. The molecule has 1 atom stereocenters. The van der Waals surface area contributed by atoms with Crippen LogP contribution in [0.25, 0.3) is 0 Å². The van der Waals surface area contributed by atoms with E-state index in [1.165, 1.54) is 5.56 Å². The number of benzene rings is 1. The van der Waals surface area contributed by atoms with Crippen molar-refractivity contribution in [3.63, 3.8) is 0 Å². The Morgan fingerprint density at radius 1 is 1.30 bits per heavy atom. The number of rotatable bonds is 3. The van der Waals surface area contributed by atoms with Gasteiger partial charge in [0.05, 0.1) is 0 Å². The summed E-state index contributed by atoms with van der Waals surface area (Å²) in [6.45, 7) is 9.09. The number of hydrogen-bond donors (Lipinski definition) is 1. The fraction of sp³-hybridized carbons (Fsp3) is 0.444. The van der Waals surface area contributed by atoms with Crippen LogP contribution >= 0.6 is 0 Å². The van der Waals surface area contributed by atoms with Gasteiger partial charge in [0.2, 0.25) is 5.91 Å². The number of carbonyl (C=O) groups excluding carboxylic acids is 1. The average molecular weight is 313 g/mol. The van der Waals surface area contributed by atoms with Crippen LogP contribution in [-0.4, -0.2) is 23.7 Å². The van der Waals surface area contributed by atoms with E-state index in [-0.39, 0.29) is 17.4 Å². The number of nitrogens with zero attached hydrogens (tertiary/aromatic N) is 2. The minimum Gasteiger partial charge on any atom is -0.359 e. The van der Waals surface area contributed by atoms with Crippen LogP contribution in [0.2, 0.25) is 0 Å². The molecule has 5 nitrogen and oxygen atoms in total. The molecule has 1 N–H and O–H groups in total. The van der Waals surface area contributed by atoms with Crippen LogP contribution in [0.1, 0.15) is 38.5 Å². The molecule has 1 aromatic carbocycles. The first-order valence-corrected chi connectivity index (χ1v) is 7.96. The molecule has 0 radical (unpaired) electrons. The molecule has 0 aliphatic carbocycles. The van der Waals surface area contributed by atoms with E-state index in [0.717, 1.165) is 24.4 Å². The second-order valence-electron chi connectivity index (χ2n) is 7.15. The Morgan fingerprint density at radius 3 is 2.52 bits per heavy atom. The van der Waals surface area contributed by atoms with Crippen molar-refractivity contribution < 1.29 is 9.32 Å². The summed E-state index contributed by atoms with van der Waals surface area (Å²) in [5, 5.41) is 6.81. The lowest BCUT2D eigenvalue weighted by Gasteiger charge is -2.41. The maximum atomic E-state index is 12.5. The highest BCUT2D eigenvalue weighted by atomic mass is 16.5. The number of aryl methyl sites for hydroxylation is 1. The Bertz CT molecular complexity index is 698. The maximum absolute atomic E-state index is 12.5. The van der Waals surface area contributed by atoms with Gasteiger partial charge in [0.15, 0.2) is 5.82 Å². The number of carbonyl (C=O) groups is 1. The highest BCUT2D eigenvalue weighted by Gasteiger charge is 2.34. The van der Waals surface area contributed by atoms with E-state index in [0.29, 0.717) is 5.82 Å². The van der Waals surface area contributed by atoms with Gasteiger partial charge in [0.25, 0.3) is 0 Å². The van der Waals surface area contributed by atoms with Gasteiger partial charge in [-0.25, -0.2) is 0 Å². The third-order valence-electron chi connectivity index (χ3n) is 4.19. The minimum absolute atomic E-state index is 0.0365. The van der Waals surface area contributed by atoms with Crippen molar-refractivity contribution >= 4 is 17.4 Å². The van der Waals surface area contributed by atoms with E-state index in [4.69, 9.17) is 4.52 Å². The van der Waals surface area contributed by atoms with Crippen LogP contribution in [0, 0.1) is 6.92 Å². The van der Waals surface area contributed by atoms with Crippen molar-refractivity contribution in [3.05, 3.63) is 41.7 Å². The predicted octanol–water partition coefficient (Wildman–Crippen LogP) is 3.50. The number of aromatic nitrogens is 1. The van der Waals surface area contributed by atoms with Crippen molar-refractivity contribution in [2.75, 3.05) is 16.8 Å². The molecule has 3 rings (SSSR count). The number of nitrogens with one attached hydrogen (secondary N) is 1. The monoisotopic (exact) mass is 313 g/mol. The molecule has 0 spiro atoms. The largest absolute Gasteiger partial charge is 0.359 e. The van der Waals surface area contributed by atoms with E-state index < -0.39 is 0 Å². The highest BCUT2D eigenvalue weighted by molar-refractivity contribution is 5.97. The van der Waals surface area contributed by atoms with Gasteiger partial charge in [-0.2, -0.15) is 0 Å². The third kappa shape index (κ3) is 3.23. The number of amides is 1. The SMILES string of the molecule is Cc1ccc(N2CCC2C(=O)Nc2cc(C(C)(C)C)on2)cc1. The molecule has 1 unspecified atom stereocenters. The van der Waals surface area contributed by atoms with Crippen molar-refractivity contribution in [2.45, 2.75) is 45.6 Å². The summed E-state index contributed by atoms with van der Waals surface area (Å²) in [6, 6.07) is 9.90. The number of hydrogen-bond acceptors (Lipinski definition) is 4. The van der Waals surface area contributed by atoms with Crippen LogP contribution < -0.4 is 10.2 Å². The first-order chi connectivity index (χ1) is 10.8. The van der Waals surface area contributed by atoms with E-state index >= 15 is 0 Å². The van der Waals surface area contributed by atoms with Crippen LogP contribution in [0.5, 0.6) is 0 Å². The third-order valence-corrected chi connectivity index (χ3v) is 4.19. The first-order valence-electron chi connectivity index (χ1n) is 7.96. The maximum Gasteiger partial charge on any atom is 0.248 e. The van der Waals surface area contributed by atoms with Crippen molar-refractivity contribution in [1.29, 1.82) is 0 Å². The van der Waals surface area contributed by atoms with Gasteiger partial charge in [-0.15, -0.1) is 0 Å². The summed E-state index contributed by atoms with van der Waals surface area (Å²) >= 11 is 0. The summed E-state index contributed by atoms with van der Waals surface area (Å²) in [7, 11) is 0. The molecule has 1 aliphatic heterocycles. The zero-order valence-corrected chi connectivity index (χ0v) is 14.1. The lowest BCUT2D eigenvalue weighted by Crippen LogP contribution is -2.54. The predicted molar refractivity (Wildman–Crippen MR) is 90.8 cm³/mol. The topological polar surface area (TPSA) is 58.4 Å². The molecule has 1 amide bonds. The van der Waals surface area contributed by atoms with Crippen molar-refractivity contribution in [2.24, 2.45) is 0 Å². The average Bonchev–Trinajstić information content (AvgIpc) is 2.88. The molecule has 2 heterocycles. The van der Waals surface area contributed by atoms with Gasteiger partial charge in [0.1, 0.15) is 11.8 Å². The van der Waals surface area contributed by atoms with Gasteiger partial charge in [0, 0.05) is 23.7 Å². The standard InChI is InChI=1S/C18H23N3O2/c1-12-5-7-13(8-6-12)21-10-9-14(21)17(22)19-16-11-15(23-20-16)18(2,3)4/h5-8,11,14H,9-10H2,1-4H3,(H,19,20,22). The van der Waals surface area contributed by atoms with Crippen LogP contribution in [0.3, 0.4) is 0 Å². The molecule has 122 valence electrons. The first kappa shape index (κ1) is 15.6. The molecule has 1 aliphatic rings. The fourth-order valence-electron chi connectivity index (χ4n) is 2.60. The Morgan fingerprint density at radius 2 is 2.00 bits per heavy atom.